The van der Waals surface area contributed by atoms with Gasteiger partial charge in [-0.2, -0.15) is 0 Å². The molecule has 0 aliphatic rings. The second-order valence-electron chi connectivity index (χ2n) is 6.06. The van der Waals surface area contributed by atoms with Crippen LogP contribution in [0.4, 0.5) is 5.69 Å². The fraction of sp³-hybridized carbons (Fsp3) is 0.0455. The van der Waals surface area contributed by atoms with Crippen LogP contribution in [0.2, 0.25) is 0 Å². The average molecular weight is 342 g/mol. The van der Waals surface area contributed by atoms with Crippen LogP contribution in [0.5, 0.6) is 11.5 Å². The number of rotatable bonds is 4. The lowest BCUT2D eigenvalue weighted by molar-refractivity contribution is 0.102. The van der Waals surface area contributed by atoms with Crippen LogP contribution in [-0.2, 0) is 7.05 Å². The molecule has 0 radical (unpaired) electrons. The van der Waals surface area contributed by atoms with Gasteiger partial charge < -0.3 is 14.6 Å². The van der Waals surface area contributed by atoms with Gasteiger partial charge in [0.05, 0.1) is 11.1 Å². The number of nitrogens with zero attached hydrogens (tertiary/aromatic N) is 1. The van der Waals surface area contributed by atoms with Crippen molar-refractivity contribution in [1.29, 1.82) is 0 Å². The summed E-state index contributed by atoms with van der Waals surface area (Å²) in [5.74, 6) is 1.37. The van der Waals surface area contributed by atoms with Crippen molar-refractivity contribution in [1.82, 2.24) is 4.57 Å². The molecule has 0 saturated heterocycles. The third-order valence-electron chi connectivity index (χ3n) is 4.23. The van der Waals surface area contributed by atoms with Gasteiger partial charge in [0.2, 0.25) is 0 Å². The molecule has 1 amide bonds. The number of ether oxygens (including phenoxy) is 1. The first kappa shape index (κ1) is 16.0. The van der Waals surface area contributed by atoms with Crippen molar-refractivity contribution in [2.75, 3.05) is 5.32 Å². The van der Waals surface area contributed by atoms with E-state index in [0.717, 1.165) is 28.1 Å². The standard InChI is InChI=1S/C22H18N2O2/c1-24-15-14-16-6-5-9-20(21(16)24)22(25)23-17-10-12-19(13-11-17)26-18-7-3-2-4-8-18/h2-15H,1H3,(H,23,25). The molecular weight excluding hydrogens is 324 g/mol. The predicted octanol–water partition coefficient (Wildman–Crippen LogP) is 5.22. The molecule has 0 bridgehead atoms. The number of fused-ring (bicyclic) bond motifs is 1. The first-order chi connectivity index (χ1) is 12.7. The summed E-state index contributed by atoms with van der Waals surface area (Å²) in [7, 11) is 1.94. The summed E-state index contributed by atoms with van der Waals surface area (Å²) in [5, 5.41) is 4.00. The second kappa shape index (κ2) is 6.76. The molecule has 4 nitrogen and oxygen atoms in total. The summed E-state index contributed by atoms with van der Waals surface area (Å²) in [6, 6.07) is 24.7. The number of hydrogen-bond acceptors (Lipinski definition) is 2. The summed E-state index contributed by atoms with van der Waals surface area (Å²) in [4.78, 5) is 12.7. The summed E-state index contributed by atoms with van der Waals surface area (Å²) in [5.41, 5.74) is 2.30. The van der Waals surface area contributed by atoms with Crippen molar-refractivity contribution in [2.24, 2.45) is 7.05 Å². The van der Waals surface area contributed by atoms with E-state index < -0.39 is 0 Å². The number of benzene rings is 3. The number of amides is 1. The molecule has 0 spiro atoms. The number of aromatic nitrogens is 1. The molecule has 0 unspecified atom stereocenters. The van der Waals surface area contributed by atoms with E-state index in [4.69, 9.17) is 4.74 Å². The zero-order valence-electron chi connectivity index (χ0n) is 14.3. The Morgan fingerprint density at radius 2 is 1.58 bits per heavy atom. The molecule has 1 heterocycles. The van der Waals surface area contributed by atoms with E-state index in [1.807, 2.05) is 96.7 Å². The molecule has 3 aromatic carbocycles. The normalized spacial score (nSPS) is 10.7. The van der Waals surface area contributed by atoms with E-state index in [0.29, 0.717) is 5.56 Å². The fourth-order valence-corrected chi connectivity index (χ4v) is 2.97. The van der Waals surface area contributed by atoms with Crippen LogP contribution in [-0.4, -0.2) is 10.5 Å². The molecule has 0 atom stereocenters. The first-order valence-electron chi connectivity index (χ1n) is 8.39. The van der Waals surface area contributed by atoms with E-state index in [1.165, 1.54) is 0 Å². The highest BCUT2D eigenvalue weighted by Crippen LogP contribution is 2.24. The third-order valence-corrected chi connectivity index (χ3v) is 4.23. The van der Waals surface area contributed by atoms with Gasteiger partial charge in [-0.3, -0.25) is 4.79 Å². The Labute approximate surface area is 151 Å². The molecule has 4 heteroatoms. The van der Waals surface area contributed by atoms with Crippen LogP contribution in [0.3, 0.4) is 0 Å². The maximum Gasteiger partial charge on any atom is 0.257 e. The molecule has 0 aliphatic heterocycles. The zero-order valence-corrected chi connectivity index (χ0v) is 14.3. The van der Waals surface area contributed by atoms with Gasteiger partial charge in [-0.15, -0.1) is 0 Å². The van der Waals surface area contributed by atoms with Gasteiger partial charge in [0, 0.05) is 24.3 Å². The Hall–Kier alpha value is -3.53. The lowest BCUT2D eigenvalue weighted by atomic mass is 10.1. The van der Waals surface area contributed by atoms with Crippen LogP contribution >= 0.6 is 0 Å². The van der Waals surface area contributed by atoms with Crippen molar-refractivity contribution in [3.63, 3.8) is 0 Å². The van der Waals surface area contributed by atoms with Crippen molar-refractivity contribution < 1.29 is 9.53 Å². The minimum Gasteiger partial charge on any atom is -0.457 e. The van der Waals surface area contributed by atoms with Crippen molar-refractivity contribution in [2.45, 2.75) is 0 Å². The predicted molar refractivity (Wildman–Crippen MR) is 104 cm³/mol. The van der Waals surface area contributed by atoms with Crippen LogP contribution < -0.4 is 10.1 Å². The van der Waals surface area contributed by atoms with E-state index in [1.54, 1.807) is 0 Å². The first-order valence-corrected chi connectivity index (χ1v) is 8.39. The number of nitrogens with one attached hydrogen (secondary N) is 1. The fourth-order valence-electron chi connectivity index (χ4n) is 2.97. The molecule has 4 rings (SSSR count). The van der Waals surface area contributed by atoms with Gasteiger partial charge >= 0.3 is 0 Å². The Morgan fingerprint density at radius 3 is 2.35 bits per heavy atom. The molecule has 4 aromatic rings. The zero-order chi connectivity index (χ0) is 17.9. The topological polar surface area (TPSA) is 43.3 Å². The lowest BCUT2D eigenvalue weighted by Gasteiger charge is -2.09. The van der Waals surface area contributed by atoms with Gasteiger partial charge in [-0.1, -0.05) is 30.3 Å². The van der Waals surface area contributed by atoms with Gasteiger partial charge in [-0.25, -0.2) is 0 Å². The quantitative estimate of drug-likeness (QED) is 0.552. The van der Waals surface area contributed by atoms with Crippen LogP contribution in [0.15, 0.2) is 85.1 Å². The van der Waals surface area contributed by atoms with Crippen molar-refractivity contribution in [3.8, 4) is 11.5 Å². The Bertz CT molecular complexity index is 1050. The molecule has 26 heavy (non-hydrogen) atoms. The number of anilines is 1. The highest BCUT2D eigenvalue weighted by molar-refractivity contribution is 6.12. The largest absolute Gasteiger partial charge is 0.457 e. The van der Waals surface area contributed by atoms with E-state index in [-0.39, 0.29) is 5.91 Å². The van der Waals surface area contributed by atoms with E-state index >= 15 is 0 Å². The monoisotopic (exact) mass is 342 g/mol. The number of para-hydroxylation sites is 2. The Balaban J connectivity index is 1.52. The lowest BCUT2D eigenvalue weighted by Crippen LogP contribution is -2.13. The molecule has 128 valence electrons. The summed E-state index contributed by atoms with van der Waals surface area (Å²) in [6.07, 6.45) is 1.96. The number of aryl methyl sites for hydroxylation is 1. The van der Waals surface area contributed by atoms with Crippen molar-refractivity contribution in [3.05, 3.63) is 90.6 Å². The van der Waals surface area contributed by atoms with Crippen LogP contribution in [0.1, 0.15) is 10.4 Å². The van der Waals surface area contributed by atoms with Gasteiger partial charge in [-0.05, 0) is 48.5 Å². The number of carbonyl (C=O) groups is 1. The number of carbonyl (C=O) groups excluding carboxylic acids is 1. The molecule has 0 saturated carbocycles. The smallest absolute Gasteiger partial charge is 0.257 e. The SMILES string of the molecule is Cn1ccc2cccc(C(=O)Nc3ccc(Oc4ccccc4)cc3)c21. The maximum atomic E-state index is 12.7. The minimum absolute atomic E-state index is 0.130. The third kappa shape index (κ3) is 3.17. The molecular formula is C22H18N2O2. The average Bonchev–Trinajstić information content (AvgIpc) is 3.05. The Kier molecular flexibility index (Phi) is 4.15. The molecule has 0 fully saturated rings. The van der Waals surface area contributed by atoms with E-state index in [9.17, 15) is 4.79 Å². The highest BCUT2D eigenvalue weighted by Gasteiger charge is 2.12. The Morgan fingerprint density at radius 1 is 0.846 bits per heavy atom. The van der Waals surface area contributed by atoms with Crippen molar-refractivity contribution >= 4 is 22.5 Å². The van der Waals surface area contributed by atoms with Crippen LogP contribution in [0.25, 0.3) is 10.9 Å². The van der Waals surface area contributed by atoms with Crippen LogP contribution in [0, 0.1) is 0 Å². The highest BCUT2D eigenvalue weighted by atomic mass is 16.5. The second-order valence-corrected chi connectivity index (χ2v) is 6.06. The van der Waals surface area contributed by atoms with Gasteiger partial charge in [0.25, 0.3) is 5.91 Å². The summed E-state index contributed by atoms with van der Waals surface area (Å²) in [6.45, 7) is 0. The maximum absolute atomic E-state index is 12.7. The number of hydrogen-bond donors (Lipinski definition) is 1. The molecule has 1 N–H and O–H groups in total. The van der Waals surface area contributed by atoms with Gasteiger partial charge in [0.1, 0.15) is 11.5 Å². The summed E-state index contributed by atoms with van der Waals surface area (Å²) >= 11 is 0. The summed E-state index contributed by atoms with van der Waals surface area (Å²) < 4.78 is 7.73. The minimum atomic E-state index is -0.130. The molecule has 0 aliphatic carbocycles. The van der Waals surface area contributed by atoms with Gasteiger partial charge in [0.15, 0.2) is 0 Å². The van der Waals surface area contributed by atoms with E-state index in [2.05, 4.69) is 5.32 Å². The molecule has 1 aromatic heterocycles.